The molecule has 0 bridgehead atoms. The van der Waals surface area contributed by atoms with Crippen molar-refractivity contribution in [3.8, 4) is 0 Å². The highest BCUT2D eigenvalue weighted by Gasteiger charge is 2.10. The zero-order chi connectivity index (χ0) is 18.4. The number of primary sulfonamides is 1. The summed E-state index contributed by atoms with van der Waals surface area (Å²) in [4.78, 5) is 6.16. The average Bonchev–Trinajstić information content (AvgIpc) is 2.57. The summed E-state index contributed by atoms with van der Waals surface area (Å²) < 4.78 is 35.8. The number of hydrogen-bond donors (Lipinski definition) is 2. The molecule has 26 heavy (non-hydrogen) atoms. The molecule has 0 unspecified atom stereocenters. The Morgan fingerprint density at radius 2 is 1.85 bits per heavy atom. The fourth-order valence-corrected chi connectivity index (χ4v) is 2.92. The van der Waals surface area contributed by atoms with Gasteiger partial charge in [-0.2, -0.15) is 0 Å². The maximum absolute atomic E-state index is 13.0. The molecule has 2 rings (SSSR count). The van der Waals surface area contributed by atoms with E-state index in [1.54, 1.807) is 31.3 Å². The molecular weight excluding hydrogens is 470 g/mol. The van der Waals surface area contributed by atoms with Gasteiger partial charge in [-0.15, -0.1) is 24.0 Å². The van der Waals surface area contributed by atoms with Gasteiger partial charge < -0.3 is 10.2 Å². The number of sulfonamides is 1. The highest BCUT2D eigenvalue weighted by Crippen LogP contribution is 2.10. The van der Waals surface area contributed by atoms with Crippen molar-refractivity contribution in [2.24, 2.45) is 10.1 Å². The fourth-order valence-electron chi connectivity index (χ4n) is 2.34. The third-order valence-electron chi connectivity index (χ3n) is 3.58. The average molecular weight is 492 g/mol. The highest BCUT2D eigenvalue weighted by molar-refractivity contribution is 14.0. The van der Waals surface area contributed by atoms with Crippen molar-refractivity contribution < 1.29 is 12.8 Å². The van der Waals surface area contributed by atoms with Gasteiger partial charge in [-0.3, -0.25) is 4.99 Å². The van der Waals surface area contributed by atoms with Crippen LogP contribution in [0.5, 0.6) is 0 Å². The molecule has 9 heteroatoms. The fraction of sp³-hybridized carbons (Fsp3) is 0.235. The summed E-state index contributed by atoms with van der Waals surface area (Å²) in [5, 5.41) is 8.31. The molecule has 0 spiro atoms. The molecule has 0 fully saturated rings. The van der Waals surface area contributed by atoms with Gasteiger partial charge in [-0.1, -0.05) is 24.3 Å². The van der Waals surface area contributed by atoms with Crippen LogP contribution in [0, 0.1) is 5.82 Å². The number of benzene rings is 2. The summed E-state index contributed by atoms with van der Waals surface area (Å²) in [6.07, 6.45) is 0. The predicted molar refractivity (Wildman–Crippen MR) is 111 cm³/mol. The van der Waals surface area contributed by atoms with Gasteiger partial charge in [0.1, 0.15) is 5.82 Å². The minimum absolute atomic E-state index is 0. The molecule has 0 aromatic heterocycles. The number of nitrogens with zero attached hydrogens (tertiary/aromatic N) is 2. The summed E-state index contributed by atoms with van der Waals surface area (Å²) in [5.74, 6) is 0.356. The molecule has 0 aliphatic carbocycles. The minimum Gasteiger partial charge on any atom is -0.352 e. The number of nitrogens with one attached hydrogen (secondary N) is 1. The van der Waals surface area contributed by atoms with E-state index in [1.807, 2.05) is 11.9 Å². The largest absolute Gasteiger partial charge is 0.352 e. The van der Waals surface area contributed by atoms with Crippen LogP contribution >= 0.6 is 24.0 Å². The van der Waals surface area contributed by atoms with Crippen LogP contribution in [0.15, 0.2) is 58.4 Å². The Morgan fingerprint density at radius 1 is 1.19 bits per heavy atom. The van der Waals surface area contributed by atoms with Crippen LogP contribution in [0.4, 0.5) is 4.39 Å². The molecule has 0 atom stereocenters. The van der Waals surface area contributed by atoms with Crippen LogP contribution < -0.4 is 10.5 Å². The summed E-state index contributed by atoms with van der Waals surface area (Å²) in [6, 6.07) is 12.7. The Morgan fingerprint density at radius 3 is 2.42 bits per heavy atom. The van der Waals surface area contributed by atoms with Crippen molar-refractivity contribution >= 4 is 40.0 Å². The van der Waals surface area contributed by atoms with Crippen molar-refractivity contribution in [1.82, 2.24) is 10.2 Å². The van der Waals surface area contributed by atoms with Crippen LogP contribution in [-0.4, -0.2) is 33.4 Å². The third kappa shape index (κ3) is 6.54. The summed E-state index contributed by atoms with van der Waals surface area (Å²) >= 11 is 0. The molecular formula is C17H22FIN4O2S. The second-order valence-electron chi connectivity index (χ2n) is 5.58. The summed E-state index contributed by atoms with van der Waals surface area (Å²) in [7, 11) is -0.211. The normalized spacial score (nSPS) is 11.6. The molecule has 2 aromatic carbocycles. The Kier molecular flexibility index (Phi) is 8.44. The van der Waals surface area contributed by atoms with E-state index in [0.717, 1.165) is 11.1 Å². The van der Waals surface area contributed by atoms with Crippen LogP contribution in [0.2, 0.25) is 0 Å². The standard InChI is InChI=1S/C17H21FN4O2S.HI/c1-20-17(22(2)12-13-6-8-15(18)9-7-13)21-11-14-4-3-5-16(10-14)25(19,23)24;/h3-10H,11-12H2,1-2H3,(H,20,21)(H2,19,23,24);1H. The molecule has 2 aromatic rings. The Labute approximate surface area is 170 Å². The monoisotopic (exact) mass is 492 g/mol. The molecule has 3 N–H and O–H groups in total. The Hall–Kier alpha value is -1.72. The van der Waals surface area contributed by atoms with Crippen molar-refractivity contribution in [3.05, 3.63) is 65.5 Å². The predicted octanol–water partition coefficient (Wildman–Crippen LogP) is 2.30. The molecule has 142 valence electrons. The minimum atomic E-state index is -3.73. The molecule has 0 aliphatic heterocycles. The zero-order valence-electron chi connectivity index (χ0n) is 14.5. The van der Waals surface area contributed by atoms with Crippen LogP contribution in [-0.2, 0) is 23.1 Å². The van der Waals surface area contributed by atoms with Gasteiger partial charge in [0.15, 0.2) is 5.96 Å². The molecule has 0 heterocycles. The lowest BCUT2D eigenvalue weighted by Crippen LogP contribution is -2.38. The van der Waals surface area contributed by atoms with Gasteiger partial charge in [0.25, 0.3) is 0 Å². The SMILES string of the molecule is CN=C(NCc1cccc(S(N)(=O)=O)c1)N(C)Cc1ccc(F)cc1.I. The molecule has 0 radical (unpaired) electrons. The number of aliphatic imine (C=N–C) groups is 1. The number of nitrogens with two attached hydrogens (primary N) is 1. The van der Waals surface area contributed by atoms with E-state index in [1.165, 1.54) is 24.3 Å². The second-order valence-corrected chi connectivity index (χ2v) is 7.14. The van der Waals surface area contributed by atoms with Crippen LogP contribution in [0.3, 0.4) is 0 Å². The van der Waals surface area contributed by atoms with Gasteiger partial charge in [-0.25, -0.2) is 17.9 Å². The highest BCUT2D eigenvalue weighted by atomic mass is 127. The summed E-state index contributed by atoms with van der Waals surface area (Å²) in [5.41, 5.74) is 1.71. The van der Waals surface area contributed by atoms with Crippen molar-refractivity contribution in [2.45, 2.75) is 18.0 Å². The van der Waals surface area contributed by atoms with Gasteiger partial charge in [0, 0.05) is 27.2 Å². The second kappa shape index (κ2) is 9.83. The maximum Gasteiger partial charge on any atom is 0.238 e. The van der Waals surface area contributed by atoms with Crippen molar-refractivity contribution in [2.75, 3.05) is 14.1 Å². The molecule has 0 aliphatic rings. The maximum atomic E-state index is 13.0. The van der Waals surface area contributed by atoms with E-state index in [-0.39, 0.29) is 34.7 Å². The van der Waals surface area contributed by atoms with E-state index >= 15 is 0 Å². The first-order valence-electron chi connectivity index (χ1n) is 7.57. The summed E-state index contributed by atoms with van der Waals surface area (Å²) in [6.45, 7) is 0.945. The lowest BCUT2D eigenvalue weighted by Gasteiger charge is -2.22. The molecule has 6 nitrogen and oxygen atoms in total. The van der Waals surface area contributed by atoms with Crippen LogP contribution in [0.25, 0.3) is 0 Å². The first-order valence-corrected chi connectivity index (χ1v) is 9.12. The van der Waals surface area contributed by atoms with E-state index in [0.29, 0.717) is 19.0 Å². The van der Waals surface area contributed by atoms with E-state index in [9.17, 15) is 12.8 Å². The lowest BCUT2D eigenvalue weighted by molar-refractivity contribution is 0.476. The van der Waals surface area contributed by atoms with E-state index in [4.69, 9.17) is 5.14 Å². The van der Waals surface area contributed by atoms with E-state index in [2.05, 4.69) is 10.3 Å². The number of hydrogen-bond acceptors (Lipinski definition) is 3. The third-order valence-corrected chi connectivity index (χ3v) is 4.49. The van der Waals surface area contributed by atoms with Gasteiger partial charge >= 0.3 is 0 Å². The van der Waals surface area contributed by atoms with Gasteiger partial charge in [0.05, 0.1) is 4.90 Å². The molecule has 0 saturated carbocycles. The molecule has 0 amide bonds. The number of guanidine groups is 1. The Bertz CT molecular complexity index is 857. The lowest BCUT2D eigenvalue weighted by atomic mass is 10.2. The quantitative estimate of drug-likeness (QED) is 0.381. The molecule has 0 saturated heterocycles. The van der Waals surface area contributed by atoms with Crippen LogP contribution in [0.1, 0.15) is 11.1 Å². The zero-order valence-corrected chi connectivity index (χ0v) is 17.7. The smallest absolute Gasteiger partial charge is 0.238 e. The van der Waals surface area contributed by atoms with Crippen molar-refractivity contribution in [3.63, 3.8) is 0 Å². The van der Waals surface area contributed by atoms with E-state index < -0.39 is 10.0 Å². The van der Waals surface area contributed by atoms with Gasteiger partial charge in [0.2, 0.25) is 10.0 Å². The first-order chi connectivity index (χ1) is 11.8. The van der Waals surface area contributed by atoms with Gasteiger partial charge in [-0.05, 0) is 35.4 Å². The Balaban J connectivity index is 0.00000338. The van der Waals surface area contributed by atoms with Crippen molar-refractivity contribution in [1.29, 1.82) is 0 Å². The first kappa shape index (κ1) is 22.3. The topological polar surface area (TPSA) is 87.8 Å². The number of rotatable bonds is 5. The number of halogens is 2.